The molecule has 0 unspecified atom stereocenters. The van der Waals surface area contributed by atoms with Crippen LogP contribution in [0.2, 0.25) is 10.0 Å². The first-order valence-electron chi connectivity index (χ1n) is 8.67. The first-order valence-corrected chi connectivity index (χ1v) is 9.43. The minimum atomic E-state index is -0.309. The monoisotopic (exact) mass is 395 g/mol. The molecule has 0 bridgehead atoms. The average molecular weight is 396 g/mol. The largest absolute Gasteiger partial charge is 0.464 e. The number of rotatable bonds is 2. The Kier molecular flexibility index (Phi) is 4.03. The van der Waals surface area contributed by atoms with Gasteiger partial charge in [-0.15, -0.1) is 0 Å². The van der Waals surface area contributed by atoms with Crippen molar-refractivity contribution in [2.24, 2.45) is 5.10 Å². The van der Waals surface area contributed by atoms with E-state index in [-0.39, 0.29) is 12.3 Å². The highest BCUT2D eigenvalue weighted by atomic mass is 35.5. The zero-order valence-corrected chi connectivity index (χ0v) is 15.7. The lowest BCUT2D eigenvalue weighted by Gasteiger charge is -2.38. The summed E-state index contributed by atoms with van der Waals surface area (Å²) in [7, 11) is 0. The normalized spacial score (nSPS) is 20.5. The van der Waals surface area contributed by atoms with Crippen molar-refractivity contribution in [2.75, 3.05) is 0 Å². The Balaban J connectivity index is 1.61. The van der Waals surface area contributed by atoms with Gasteiger partial charge < -0.3 is 4.74 Å². The van der Waals surface area contributed by atoms with E-state index in [4.69, 9.17) is 33.0 Å². The van der Waals surface area contributed by atoms with Crippen molar-refractivity contribution in [1.29, 1.82) is 0 Å². The Morgan fingerprint density at radius 3 is 2.63 bits per heavy atom. The van der Waals surface area contributed by atoms with Crippen LogP contribution in [0, 0.1) is 0 Å². The fourth-order valence-corrected chi connectivity index (χ4v) is 4.19. The van der Waals surface area contributed by atoms with E-state index in [0.29, 0.717) is 10.0 Å². The molecular formula is C21H15Cl2N3O. The lowest BCUT2D eigenvalue weighted by Crippen LogP contribution is -2.33. The first-order chi connectivity index (χ1) is 13.2. The van der Waals surface area contributed by atoms with Gasteiger partial charge in [0.2, 0.25) is 6.23 Å². The summed E-state index contributed by atoms with van der Waals surface area (Å²) in [5, 5.41) is 8.15. The van der Waals surface area contributed by atoms with Crippen LogP contribution in [-0.2, 0) is 0 Å². The maximum atomic E-state index is 6.44. The molecule has 0 N–H and O–H groups in total. The maximum Gasteiger partial charge on any atom is 0.213 e. The molecular weight excluding hydrogens is 381 g/mol. The number of fused-ring (bicyclic) bond motifs is 3. The van der Waals surface area contributed by atoms with Crippen molar-refractivity contribution in [2.45, 2.75) is 18.7 Å². The molecule has 27 heavy (non-hydrogen) atoms. The topological polar surface area (TPSA) is 37.7 Å². The van der Waals surface area contributed by atoms with Crippen LogP contribution in [0.25, 0.3) is 0 Å². The number of nitrogens with zero attached hydrogens (tertiary/aromatic N) is 3. The molecule has 0 saturated carbocycles. The van der Waals surface area contributed by atoms with Crippen molar-refractivity contribution in [3.63, 3.8) is 0 Å². The molecule has 4 nitrogen and oxygen atoms in total. The number of hydrogen-bond donors (Lipinski definition) is 0. The highest BCUT2D eigenvalue weighted by Gasteiger charge is 2.41. The summed E-state index contributed by atoms with van der Waals surface area (Å²) in [6.07, 6.45) is 3.98. The Morgan fingerprint density at radius 2 is 1.81 bits per heavy atom. The highest BCUT2D eigenvalue weighted by molar-refractivity contribution is 6.37. The Hall–Kier alpha value is -2.56. The number of hydrogen-bond acceptors (Lipinski definition) is 4. The summed E-state index contributed by atoms with van der Waals surface area (Å²) < 4.78 is 6.30. The first kappa shape index (κ1) is 16.6. The van der Waals surface area contributed by atoms with Gasteiger partial charge in [-0.3, -0.25) is 4.98 Å². The average Bonchev–Trinajstić information content (AvgIpc) is 3.13. The molecule has 0 saturated heterocycles. The fraction of sp³-hybridized carbons (Fsp3) is 0.143. The van der Waals surface area contributed by atoms with Gasteiger partial charge in [0, 0.05) is 40.5 Å². The van der Waals surface area contributed by atoms with Crippen LogP contribution in [0.15, 0.2) is 72.1 Å². The van der Waals surface area contributed by atoms with Crippen LogP contribution >= 0.6 is 23.2 Å². The molecule has 0 radical (unpaired) electrons. The lowest BCUT2D eigenvalue weighted by atomic mass is 9.96. The van der Waals surface area contributed by atoms with Gasteiger partial charge in [0.15, 0.2) is 0 Å². The van der Waals surface area contributed by atoms with E-state index in [1.165, 1.54) is 0 Å². The van der Waals surface area contributed by atoms with E-state index in [0.717, 1.165) is 34.6 Å². The quantitative estimate of drug-likeness (QED) is 0.563. The molecule has 6 heteroatoms. The number of halogens is 2. The zero-order chi connectivity index (χ0) is 18.4. The summed E-state index contributed by atoms with van der Waals surface area (Å²) in [5.74, 6) is 0.888. The smallest absolute Gasteiger partial charge is 0.213 e. The zero-order valence-electron chi connectivity index (χ0n) is 14.2. The van der Waals surface area contributed by atoms with Crippen molar-refractivity contribution < 1.29 is 4.74 Å². The summed E-state index contributed by atoms with van der Waals surface area (Å²) in [5.41, 5.74) is 3.98. The molecule has 3 aromatic rings. The molecule has 134 valence electrons. The second kappa shape index (κ2) is 6.55. The van der Waals surface area contributed by atoms with Gasteiger partial charge in [-0.2, -0.15) is 5.10 Å². The predicted molar refractivity (Wildman–Crippen MR) is 106 cm³/mol. The number of benzene rings is 2. The van der Waals surface area contributed by atoms with Crippen molar-refractivity contribution >= 4 is 28.9 Å². The van der Waals surface area contributed by atoms with E-state index in [9.17, 15) is 0 Å². The van der Waals surface area contributed by atoms with Crippen molar-refractivity contribution in [3.8, 4) is 5.75 Å². The molecule has 1 aromatic heterocycles. The number of pyridine rings is 1. The van der Waals surface area contributed by atoms with Crippen LogP contribution in [0.4, 0.5) is 0 Å². The minimum Gasteiger partial charge on any atom is -0.464 e. The van der Waals surface area contributed by atoms with Crippen molar-refractivity contribution in [3.05, 3.63) is 93.7 Å². The molecule has 2 aliphatic rings. The molecule has 2 aromatic carbocycles. The van der Waals surface area contributed by atoms with Crippen LogP contribution in [0.1, 0.15) is 35.4 Å². The van der Waals surface area contributed by atoms with Crippen LogP contribution < -0.4 is 4.74 Å². The van der Waals surface area contributed by atoms with E-state index >= 15 is 0 Å². The molecule has 0 spiro atoms. The lowest BCUT2D eigenvalue weighted by molar-refractivity contribution is -0.0190. The molecule has 2 aliphatic heterocycles. The van der Waals surface area contributed by atoms with Gasteiger partial charge in [0.1, 0.15) is 5.75 Å². The predicted octanol–water partition coefficient (Wildman–Crippen LogP) is 5.63. The second-order valence-corrected chi connectivity index (χ2v) is 7.40. The van der Waals surface area contributed by atoms with Crippen LogP contribution in [0.5, 0.6) is 5.75 Å². The number of para-hydroxylation sites is 1. The summed E-state index contributed by atoms with van der Waals surface area (Å²) >= 11 is 12.5. The van der Waals surface area contributed by atoms with E-state index in [1.54, 1.807) is 18.5 Å². The third-order valence-electron chi connectivity index (χ3n) is 4.93. The Morgan fingerprint density at radius 1 is 1.00 bits per heavy atom. The van der Waals surface area contributed by atoms with Gasteiger partial charge in [-0.25, -0.2) is 5.01 Å². The standard InChI is InChI=1S/C21H15Cl2N3O/c22-14-5-6-15(17(23)11-14)18-12-19-16-3-1-2-4-20(16)27-21(26(19)25-18)13-7-9-24-10-8-13/h1-11,19,21H,12H2/t19-,21-/m0/s1. The molecule has 2 atom stereocenters. The summed E-state index contributed by atoms with van der Waals surface area (Å²) in [6, 6.07) is 17.6. The summed E-state index contributed by atoms with van der Waals surface area (Å²) in [4.78, 5) is 4.11. The summed E-state index contributed by atoms with van der Waals surface area (Å²) in [6.45, 7) is 0. The van der Waals surface area contributed by atoms with E-state index in [1.807, 2.05) is 47.5 Å². The molecule has 3 heterocycles. The maximum absolute atomic E-state index is 6.44. The van der Waals surface area contributed by atoms with Crippen LogP contribution in [0.3, 0.4) is 0 Å². The molecule has 5 rings (SSSR count). The fourth-order valence-electron chi connectivity index (χ4n) is 3.67. The second-order valence-electron chi connectivity index (χ2n) is 6.56. The van der Waals surface area contributed by atoms with Gasteiger partial charge in [0.05, 0.1) is 16.8 Å². The van der Waals surface area contributed by atoms with Gasteiger partial charge in [-0.05, 0) is 30.3 Å². The molecule has 0 fully saturated rings. The van der Waals surface area contributed by atoms with Gasteiger partial charge >= 0.3 is 0 Å². The minimum absolute atomic E-state index is 0.0925. The third-order valence-corrected chi connectivity index (χ3v) is 5.48. The van der Waals surface area contributed by atoms with Gasteiger partial charge in [0.25, 0.3) is 0 Å². The van der Waals surface area contributed by atoms with E-state index < -0.39 is 0 Å². The molecule has 0 aliphatic carbocycles. The van der Waals surface area contributed by atoms with Crippen LogP contribution in [-0.4, -0.2) is 15.7 Å². The third kappa shape index (κ3) is 2.85. The number of hydrazone groups is 1. The Bertz CT molecular complexity index is 1040. The highest BCUT2D eigenvalue weighted by Crippen LogP contribution is 2.47. The Labute approximate surface area is 167 Å². The van der Waals surface area contributed by atoms with E-state index in [2.05, 4.69) is 11.1 Å². The number of aromatic nitrogens is 1. The SMILES string of the molecule is Clc1ccc(C2=NN3[C@@H](C2)c2ccccc2O[C@H]3c2ccncc2)c(Cl)c1. The number of ether oxygens (including phenoxy) is 1. The van der Waals surface area contributed by atoms with Crippen molar-refractivity contribution in [1.82, 2.24) is 9.99 Å². The van der Waals surface area contributed by atoms with Gasteiger partial charge in [-0.1, -0.05) is 47.5 Å². The molecule has 0 amide bonds.